The van der Waals surface area contributed by atoms with Crippen LogP contribution in [0.2, 0.25) is 0 Å². The molecule has 7 heteroatoms. The van der Waals surface area contributed by atoms with E-state index >= 15 is 0 Å². The van der Waals surface area contributed by atoms with Crippen molar-refractivity contribution < 1.29 is 23.6 Å². The van der Waals surface area contributed by atoms with Crippen LogP contribution in [0.4, 0.5) is 0 Å². The molecule has 0 aliphatic heterocycles. The summed E-state index contributed by atoms with van der Waals surface area (Å²) in [5, 5.41) is 4.58. The van der Waals surface area contributed by atoms with E-state index in [2.05, 4.69) is 19.0 Å². The minimum atomic E-state index is -0.591. The third-order valence-corrected chi connectivity index (χ3v) is 7.74. The summed E-state index contributed by atoms with van der Waals surface area (Å²) < 4.78 is 17.4. The van der Waals surface area contributed by atoms with Crippen molar-refractivity contribution >= 4 is 11.9 Å². The molecule has 1 aromatic carbocycles. The zero-order valence-electron chi connectivity index (χ0n) is 25.0. The third-order valence-electron chi connectivity index (χ3n) is 7.74. The lowest BCUT2D eigenvalue weighted by atomic mass is 9.69. The van der Waals surface area contributed by atoms with Crippen molar-refractivity contribution in [2.45, 2.75) is 110 Å². The van der Waals surface area contributed by atoms with E-state index in [1.54, 1.807) is 0 Å². The Labute approximate surface area is 233 Å². The molecule has 4 rings (SSSR count). The molecule has 39 heavy (non-hydrogen) atoms. The first-order valence-electron chi connectivity index (χ1n) is 14.5. The Morgan fingerprint density at radius 2 is 1.79 bits per heavy atom. The first kappa shape index (κ1) is 29.3. The van der Waals surface area contributed by atoms with E-state index in [9.17, 15) is 9.59 Å². The third kappa shape index (κ3) is 7.71. The number of esters is 2. The SMILES string of the molecule is Cc1ccc(OC(=O)CC(c2noc(C3CC(CC(C)C)C3)c2C2CC2)N(C)CC(=O)OC(C)(C)C)c(C)c1. The van der Waals surface area contributed by atoms with Crippen molar-refractivity contribution in [3.8, 4) is 5.75 Å². The molecule has 0 bridgehead atoms. The molecule has 2 fully saturated rings. The smallest absolute Gasteiger partial charge is 0.320 e. The fraction of sp³-hybridized carbons (Fsp3) is 0.656. The molecule has 214 valence electrons. The van der Waals surface area contributed by atoms with Crippen molar-refractivity contribution in [1.29, 1.82) is 0 Å². The number of aryl methyl sites for hydroxylation is 2. The molecule has 2 saturated carbocycles. The minimum Gasteiger partial charge on any atom is -0.459 e. The largest absolute Gasteiger partial charge is 0.459 e. The van der Waals surface area contributed by atoms with Gasteiger partial charge in [0.25, 0.3) is 0 Å². The van der Waals surface area contributed by atoms with Crippen LogP contribution >= 0.6 is 0 Å². The number of carbonyl (C=O) groups is 2. The van der Waals surface area contributed by atoms with Crippen LogP contribution in [0.25, 0.3) is 0 Å². The molecule has 0 saturated heterocycles. The first-order chi connectivity index (χ1) is 18.3. The molecular weight excluding hydrogens is 492 g/mol. The maximum absolute atomic E-state index is 13.3. The second-order valence-corrected chi connectivity index (χ2v) is 13.2. The normalized spacial score (nSPS) is 20.2. The summed E-state index contributed by atoms with van der Waals surface area (Å²) in [4.78, 5) is 27.9. The van der Waals surface area contributed by atoms with Crippen LogP contribution in [-0.2, 0) is 14.3 Å². The summed E-state index contributed by atoms with van der Waals surface area (Å²) in [6, 6.07) is 5.29. The van der Waals surface area contributed by atoms with E-state index in [1.807, 2.05) is 64.8 Å². The average molecular weight is 539 g/mol. The molecule has 1 heterocycles. The Hall–Kier alpha value is -2.67. The van der Waals surface area contributed by atoms with E-state index in [1.165, 1.54) is 6.42 Å². The number of aromatic nitrogens is 1. The molecule has 1 atom stereocenters. The standard InChI is InChI=1S/C32H46N2O5/c1-19(2)13-22-15-24(16-22)31-29(23-10-11-23)30(33-39-31)25(34(8)18-28(36)38-32(5,6)7)17-27(35)37-26-12-9-20(3)14-21(26)4/h9,12,14,19,22-25H,10-11,13,15-18H2,1-8H3. The summed E-state index contributed by atoms with van der Waals surface area (Å²) in [5.74, 6) is 3.04. The van der Waals surface area contributed by atoms with Crippen LogP contribution in [-0.4, -0.2) is 41.2 Å². The lowest BCUT2D eigenvalue weighted by Crippen LogP contribution is -2.36. The highest BCUT2D eigenvalue weighted by molar-refractivity contribution is 5.75. The van der Waals surface area contributed by atoms with E-state index < -0.39 is 11.6 Å². The van der Waals surface area contributed by atoms with Crippen LogP contribution in [0.15, 0.2) is 22.7 Å². The fourth-order valence-corrected chi connectivity index (χ4v) is 5.83. The maximum Gasteiger partial charge on any atom is 0.320 e. The number of carbonyl (C=O) groups excluding carboxylic acids is 2. The molecule has 1 unspecified atom stereocenters. The predicted octanol–water partition coefficient (Wildman–Crippen LogP) is 7.02. The van der Waals surface area contributed by atoms with E-state index in [4.69, 9.17) is 14.0 Å². The van der Waals surface area contributed by atoms with Gasteiger partial charge in [0.15, 0.2) is 0 Å². The molecule has 0 spiro atoms. The summed E-state index contributed by atoms with van der Waals surface area (Å²) in [5.41, 5.74) is 3.35. The Bertz CT molecular complexity index is 1170. The van der Waals surface area contributed by atoms with Gasteiger partial charge in [0.1, 0.15) is 22.8 Å². The highest BCUT2D eigenvalue weighted by atomic mass is 16.6. The van der Waals surface area contributed by atoms with Crippen molar-refractivity contribution in [2.75, 3.05) is 13.6 Å². The quantitative estimate of drug-likeness (QED) is 0.225. The van der Waals surface area contributed by atoms with Gasteiger partial charge in [-0.2, -0.15) is 0 Å². The number of nitrogens with zero attached hydrogens (tertiary/aromatic N) is 2. The Balaban J connectivity index is 1.58. The van der Waals surface area contributed by atoms with Crippen LogP contribution in [0.5, 0.6) is 5.75 Å². The molecule has 2 aliphatic rings. The van der Waals surface area contributed by atoms with E-state index in [0.29, 0.717) is 23.5 Å². The van der Waals surface area contributed by atoms with Crippen molar-refractivity contribution in [3.63, 3.8) is 0 Å². The molecule has 0 N–H and O–H groups in total. The van der Waals surface area contributed by atoms with Crippen molar-refractivity contribution in [2.24, 2.45) is 11.8 Å². The fourth-order valence-electron chi connectivity index (χ4n) is 5.83. The van der Waals surface area contributed by atoms with Crippen LogP contribution in [0.1, 0.15) is 119 Å². The number of likely N-dealkylation sites (N-methyl/N-ethyl adjacent to an activating group) is 1. The highest BCUT2D eigenvalue weighted by Crippen LogP contribution is 2.52. The van der Waals surface area contributed by atoms with Crippen LogP contribution < -0.4 is 4.74 Å². The van der Waals surface area contributed by atoms with Gasteiger partial charge in [0.2, 0.25) is 0 Å². The van der Waals surface area contributed by atoms with Crippen LogP contribution in [0.3, 0.4) is 0 Å². The Kier molecular flexibility index (Phi) is 8.89. The predicted molar refractivity (Wildman–Crippen MR) is 151 cm³/mol. The summed E-state index contributed by atoms with van der Waals surface area (Å²) >= 11 is 0. The topological polar surface area (TPSA) is 81.9 Å². The van der Waals surface area contributed by atoms with Gasteiger partial charge in [-0.15, -0.1) is 0 Å². The molecule has 0 amide bonds. The molecule has 2 aromatic rings. The Morgan fingerprint density at radius 3 is 2.38 bits per heavy atom. The van der Waals surface area contributed by atoms with Crippen molar-refractivity contribution in [3.05, 3.63) is 46.3 Å². The van der Waals surface area contributed by atoms with E-state index in [0.717, 1.165) is 59.7 Å². The molecule has 1 aromatic heterocycles. The summed E-state index contributed by atoms with van der Waals surface area (Å²) in [7, 11) is 1.84. The summed E-state index contributed by atoms with van der Waals surface area (Å²) in [6.07, 6.45) is 5.73. The molecule has 7 nitrogen and oxygen atoms in total. The van der Waals surface area contributed by atoms with Gasteiger partial charge in [-0.05, 0) is 103 Å². The second-order valence-electron chi connectivity index (χ2n) is 13.2. The second kappa shape index (κ2) is 11.8. The molecule has 0 radical (unpaired) electrons. The molecule has 2 aliphatic carbocycles. The summed E-state index contributed by atoms with van der Waals surface area (Å²) in [6.45, 7) is 14.1. The minimum absolute atomic E-state index is 0.0327. The van der Waals surface area contributed by atoms with Gasteiger partial charge in [0, 0.05) is 11.5 Å². The average Bonchev–Trinajstić information content (AvgIpc) is 3.53. The van der Waals surface area contributed by atoms with Crippen LogP contribution in [0, 0.1) is 25.7 Å². The first-order valence-corrected chi connectivity index (χ1v) is 14.5. The molecular formula is C32H46N2O5. The number of rotatable bonds is 11. The van der Waals surface area contributed by atoms with Gasteiger partial charge in [0.05, 0.1) is 19.0 Å². The number of benzene rings is 1. The van der Waals surface area contributed by atoms with Gasteiger partial charge in [-0.3, -0.25) is 14.5 Å². The van der Waals surface area contributed by atoms with Gasteiger partial charge in [-0.25, -0.2) is 0 Å². The zero-order chi connectivity index (χ0) is 28.5. The highest BCUT2D eigenvalue weighted by Gasteiger charge is 2.42. The van der Waals surface area contributed by atoms with Gasteiger partial charge >= 0.3 is 11.9 Å². The van der Waals surface area contributed by atoms with Gasteiger partial charge < -0.3 is 14.0 Å². The lowest BCUT2D eigenvalue weighted by molar-refractivity contribution is -0.157. The van der Waals surface area contributed by atoms with Crippen molar-refractivity contribution in [1.82, 2.24) is 10.1 Å². The number of hydrogen-bond acceptors (Lipinski definition) is 7. The maximum atomic E-state index is 13.3. The zero-order valence-corrected chi connectivity index (χ0v) is 25.0. The number of hydrogen-bond donors (Lipinski definition) is 0. The van der Waals surface area contributed by atoms with Gasteiger partial charge in [-0.1, -0.05) is 36.7 Å². The Morgan fingerprint density at radius 1 is 1.10 bits per heavy atom. The number of ether oxygens (including phenoxy) is 2. The van der Waals surface area contributed by atoms with E-state index in [-0.39, 0.29) is 24.9 Å². The lowest BCUT2D eigenvalue weighted by Gasteiger charge is -2.35. The monoisotopic (exact) mass is 538 g/mol.